The Labute approximate surface area is 129 Å². The van der Waals surface area contributed by atoms with Gasteiger partial charge in [-0.1, -0.05) is 6.07 Å². The van der Waals surface area contributed by atoms with Crippen LogP contribution in [0.5, 0.6) is 11.6 Å². The van der Waals surface area contributed by atoms with Gasteiger partial charge in [0.25, 0.3) is 0 Å². The van der Waals surface area contributed by atoms with E-state index < -0.39 is 0 Å². The van der Waals surface area contributed by atoms with Crippen molar-refractivity contribution in [1.29, 1.82) is 0 Å². The van der Waals surface area contributed by atoms with Gasteiger partial charge in [-0.3, -0.25) is 4.98 Å². The second-order valence-corrected chi connectivity index (χ2v) is 5.39. The van der Waals surface area contributed by atoms with Gasteiger partial charge in [0, 0.05) is 33.9 Å². The Morgan fingerprint density at radius 2 is 2.05 bits per heavy atom. The van der Waals surface area contributed by atoms with Gasteiger partial charge in [-0.25, -0.2) is 4.98 Å². The summed E-state index contributed by atoms with van der Waals surface area (Å²) in [4.78, 5) is 8.56. The van der Waals surface area contributed by atoms with Gasteiger partial charge < -0.3 is 4.74 Å². The van der Waals surface area contributed by atoms with Gasteiger partial charge in [0.2, 0.25) is 5.88 Å². The van der Waals surface area contributed by atoms with Crippen LogP contribution in [0.4, 0.5) is 0 Å². The molecular formula is C15H10BrClN2O. The van der Waals surface area contributed by atoms with Gasteiger partial charge in [0.1, 0.15) is 5.75 Å². The van der Waals surface area contributed by atoms with Crippen molar-refractivity contribution in [2.24, 2.45) is 0 Å². The van der Waals surface area contributed by atoms with Gasteiger partial charge in [-0.15, -0.1) is 11.6 Å². The predicted octanol–water partition coefficient (Wildman–Crippen LogP) is 4.92. The molecule has 0 saturated carbocycles. The zero-order chi connectivity index (χ0) is 13.9. The molecule has 0 N–H and O–H groups in total. The molecule has 0 spiro atoms. The first-order valence-electron chi connectivity index (χ1n) is 5.99. The fraction of sp³-hybridized carbons (Fsp3) is 0.0667. The minimum Gasteiger partial charge on any atom is -0.439 e. The molecule has 2 heterocycles. The Hall–Kier alpha value is -1.65. The van der Waals surface area contributed by atoms with Crippen LogP contribution in [-0.2, 0) is 5.88 Å². The monoisotopic (exact) mass is 348 g/mol. The van der Waals surface area contributed by atoms with E-state index in [0.29, 0.717) is 17.5 Å². The summed E-state index contributed by atoms with van der Waals surface area (Å²) in [5.74, 6) is 1.55. The summed E-state index contributed by atoms with van der Waals surface area (Å²) in [5.41, 5.74) is 1.72. The second-order valence-electron chi connectivity index (χ2n) is 4.21. The standard InChI is InChI=1S/C15H10BrClN2O/c16-12-6-11(8-17)15(19-9-12)20-13-4-3-10-2-1-5-18-14(10)7-13/h1-7,9H,8H2. The predicted molar refractivity (Wildman–Crippen MR) is 83.3 cm³/mol. The molecule has 3 rings (SSSR count). The highest BCUT2D eigenvalue weighted by atomic mass is 79.9. The Kier molecular flexibility index (Phi) is 3.85. The lowest BCUT2D eigenvalue weighted by atomic mass is 10.2. The molecule has 100 valence electrons. The van der Waals surface area contributed by atoms with Crippen LogP contribution in [0.1, 0.15) is 5.56 Å². The van der Waals surface area contributed by atoms with Crippen molar-refractivity contribution in [3.63, 3.8) is 0 Å². The number of alkyl halides is 1. The van der Waals surface area contributed by atoms with Crippen LogP contribution in [0.15, 0.2) is 53.3 Å². The molecule has 0 atom stereocenters. The Bertz CT molecular complexity index is 764. The molecule has 5 heteroatoms. The number of halogens is 2. The average molecular weight is 350 g/mol. The molecule has 0 saturated heterocycles. The van der Waals surface area contributed by atoms with E-state index in [9.17, 15) is 0 Å². The molecule has 1 aromatic carbocycles. The lowest BCUT2D eigenvalue weighted by molar-refractivity contribution is 0.458. The molecule has 0 radical (unpaired) electrons. The van der Waals surface area contributed by atoms with E-state index in [2.05, 4.69) is 25.9 Å². The summed E-state index contributed by atoms with van der Waals surface area (Å²) < 4.78 is 6.68. The van der Waals surface area contributed by atoms with E-state index in [-0.39, 0.29) is 0 Å². The van der Waals surface area contributed by atoms with Crippen LogP contribution in [0, 0.1) is 0 Å². The molecule has 0 aliphatic heterocycles. The molecule has 0 aliphatic carbocycles. The molecule has 0 fully saturated rings. The quantitative estimate of drug-likeness (QED) is 0.629. The van der Waals surface area contributed by atoms with E-state index >= 15 is 0 Å². The van der Waals surface area contributed by atoms with Gasteiger partial charge in [-0.2, -0.15) is 0 Å². The number of fused-ring (bicyclic) bond motifs is 1. The van der Waals surface area contributed by atoms with Crippen LogP contribution in [-0.4, -0.2) is 9.97 Å². The number of nitrogens with zero attached hydrogens (tertiary/aromatic N) is 2. The van der Waals surface area contributed by atoms with E-state index in [0.717, 1.165) is 20.9 Å². The SMILES string of the molecule is ClCc1cc(Br)cnc1Oc1ccc2cccnc2c1. The third-order valence-corrected chi connectivity index (χ3v) is 3.55. The van der Waals surface area contributed by atoms with Crippen LogP contribution >= 0.6 is 27.5 Å². The van der Waals surface area contributed by atoms with Crippen molar-refractivity contribution in [3.8, 4) is 11.6 Å². The molecule has 3 aromatic rings. The summed E-state index contributed by atoms with van der Waals surface area (Å²) in [6, 6.07) is 11.6. The van der Waals surface area contributed by atoms with Crippen molar-refractivity contribution >= 4 is 38.4 Å². The lowest BCUT2D eigenvalue weighted by Gasteiger charge is -2.09. The maximum Gasteiger partial charge on any atom is 0.223 e. The molecule has 2 aromatic heterocycles. The van der Waals surface area contributed by atoms with Crippen molar-refractivity contribution in [3.05, 3.63) is 58.8 Å². The molecule has 0 bridgehead atoms. The summed E-state index contributed by atoms with van der Waals surface area (Å²) in [6.45, 7) is 0. The minimum absolute atomic E-state index is 0.341. The summed E-state index contributed by atoms with van der Waals surface area (Å²) in [5, 5.41) is 1.07. The molecule has 0 amide bonds. The van der Waals surface area contributed by atoms with E-state index in [4.69, 9.17) is 16.3 Å². The first kappa shape index (κ1) is 13.3. The number of ether oxygens (including phenoxy) is 1. The topological polar surface area (TPSA) is 35.0 Å². The lowest BCUT2D eigenvalue weighted by Crippen LogP contribution is -1.93. The van der Waals surface area contributed by atoms with Crippen LogP contribution in [0.3, 0.4) is 0 Å². The van der Waals surface area contributed by atoms with Gasteiger partial charge in [0.05, 0.1) is 11.4 Å². The highest BCUT2D eigenvalue weighted by Crippen LogP contribution is 2.28. The Morgan fingerprint density at radius 1 is 1.15 bits per heavy atom. The maximum absolute atomic E-state index is 5.91. The number of aromatic nitrogens is 2. The van der Waals surface area contributed by atoms with E-state index in [1.165, 1.54) is 0 Å². The van der Waals surface area contributed by atoms with Gasteiger partial charge in [0.15, 0.2) is 0 Å². The van der Waals surface area contributed by atoms with Crippen molar-refractivity contribution < 1.29 is 4.74 Å². The molecule has 20 heavy (non-hydrogen) atoms. The molecule has 3 nitrogen and oxygen atoms in total. The smallest absolute Gasteiger partial charge is 0.223 e. The van der Waals surface area contributed by atoms with Gasteiger partial charge >= 0.3 is 0 Å². The summed E-state index contributed by atoms with van der Waals surface area (Å²) in [7, 11) is 0. The summed E-state index contributed by atoms with van der Waals surface area (Å²) in [6.07, 6.45) is 3.44. The molecular weight excluding hydrogens is 340 g/mol. The van der Waals surface area contributed by atoms with E-state index in [1.54, 1.807) is 12.4 Å². The number of benzene rings is 1. The van der Waals surface area contributed by atoms with Crippen molar-refractivity contribution in [2.75, 3.05) is 0 Å². The normalized spacial score (nSPS) is 10.7. The third kappa shape index (κ3) is 2.76. The molecule has 0 aliphatic rings. The van der Waals surface area contributed by atoms with Crippen LogP contribution < -0.4 is 4.74 Å². The third-order valence-electron chi connectivity index (χ3n) is 2.83. The number of rotatable bonds is 3. The maximum atomic E-state index is 5.91. The van der Waals surface area contributed by atoms with Crippen LogP contribution in [0.2, 0.25) is 0 Å². The first-order valence-corrected chi connectivity index (χ1v) is 7.32. The average Bonchev–Trinajstić information content (AvgIpc) is 2.49. The fourth-order valence-corrected chi connectivity index (χ4v) is 2.45. The number of pyridine rings is 2. The first-order chi connectivity index (χ1) is 9.76. The van der Waals surface area contributed by atoms with Crippen molar-refractivity contribution in [2.45, 2.75) is 5.88 Å². The highest BCUT2D eigenvalue weighted by molar-refractivity contribution is 9.10. The number of hydrogen-bond acceptors (Lipinski definition) is 3. The Morgan fingerprint density at radius 3 is 2.90 bits per heavy atom. The fourth-order valence-electron chi connectivity index (χ4n) is 1.88. The van der Waals surface area contributed by atoms with Crippen LogP contribution in [0.25, 0.3) is 10.9 Å². The largest absolute Gasteiger partial charge is 0.439 e. The zero-order valence-corrected chi connectivity index (χ0v) is 12.7. The molecule has 0 unspecified atom stereocenters. The van der Waals surface area contributed by atoms with E-state index in [1.807, 2.05) is 36.4 Å². The minimum atomic E-state index is 0.341. The number of hydrogen-bond donors (Lipinski definition) is 0. The van der Waals surface area contributed by atoms with Crippen molar-refractivity contribution in [1.82, 2.24) is 9.97 Å². The van der Waals surface area contributed by atoms with Gasteiger partial charge in [-0.05, 0) is 40.2 Å². The highest BCUT2D eigenvalue weighted by Gasteiger charge is 2.07. The second kappa shape index (κ2) is 5.77. The Balaban J connectivity index is 1.96. The summed E-state index contributed by atoms with van der Waals surface area (Å²) >= 11 is 9.28. The zero-order valence-electron chi connectivity index (χ0n) is 10.4.